The second kappa shape index (κ2) is 9.88. The minimum Gasteiger partial charge on any atom is -0.478 e. The molecule has 3 heterocycles. The molecule has 1 fully saturated rings. The Bertz CT molecular complexity index is 1290. The Kier molecular flexibility index (Phi) is 7.45. The van der Waals surface area contributed by atoms with Gasteiger partial charge in [-0.15, -0.1) is 0 Å². The Morgan fingerprint density at radius 3 is 2.42 bits per heavy atom. The lowest BCUT2D eigenvalue weighted by atomic mass is 9.87. The van der Waals surface area contributed by atoms with Gasteiger partial charge in [-0.2, -0.15) is 4.31 Å². The van der Waals surface area contributed by atoms with Gasteiger partial charge in [0.2, 0.25) is 10.9 Å². The Hall–Kier alpha value is -3.47. The number of pyridine rings is 2. The summed E-state index contributed by atoms with van der Waals surface area (Å²) >= 11 is 0. The Balaban J connectivity index is 2.34. The highest BCUT2D eigenvalue weighted by Gasteiger charge is 2.40. The lowest BCUT2D eigenvalue weighted by Gasteiger charge is -2.35. The number of carbonyl (C=O) groups is 2. The van der Waals surface area contributed by atoms with E-state index in [0.29, 0.717) is 33.8 Å². The summed E-state index contributed by atoms with van der Waals surface area (Å²) in [6, 6.07) is 5.88. The molecule has 36 heavy (non-hydrogen) atoms. The van der Waals surface area contributed by atoms with Gasteiger partial charge in [-0.25, -0.2) is 23.2 Å². The zero-order valence-corrected chi connectivity index (χ0v) is 22.2. The van der Waals surface area contributed by atoms with Crippen molar-refractivity contribution in [2.45, 2.75) is 58.9 Å². The number of nitrogens with zero attached hydrogens (tertiary/aromatic N) is 4. The van der Waals surface area contributed by atoms with Crippen molar-refractivity contribution in [3.05, 3.63) is 47.2 Å². The molecule has 11 heteroatoms. The third-order valence-electron chi connectivity index (χ3n) is 6.04. The Labute approximate surface area is 212 Å². The largest absolute Gasteiger partial charge is 0.478 e. The number of carboxylic acids is 1. The van der Waals surface area contributed by atoms with Gasteiger partial charge in [0, 0.05) is 23.6 Å². The fourth-order valence-electron chi connectivity index (χ4n) is 4.66. The molecule has 0 unspecified atom stereocenters. The van der Waals surface area contributed by atoms with Crippen LogP contribution in [0.4, 0.5) is 17.5 Å². The quantitative estimate of drug-likeness (QED) is 0.389. The summed E-state index contributed by atoms with van der Waals surface area (Å²) in [7, 11) is -3.42. The first-order valence-corrected chi connectivity index (χ1v) is 12.7. The van der Waals surface area contributed by atoms with Crippen LogP contribution in [0, 0.1) is 5.92 Å². The van der Waals surface area contributed by atoms with Crippen molar-refractivity contribution in [3.8, 4) is 0 Å². The van der Waals surface area contributed by atoms with Crippen LogP contribution in [-0.4, -0.2) is 47.5 Å². The highest BCUT2D eigenvalue weighted by Crippen LogP contribution is 2.40. The van der Waals surface area contributed by atoms with E-state index in [-0.39, 0.29) is 22.7 Å². The van der Waals surface area contributed by atoms with E-state index < -0.39 is 28.2 Å². The molecule has 3 rings (SSSR count). The number of hydrogen-bond donors (Lipinski definition) is 3. The Morgan fingerprint density at radius 1 is 1.25 bits per heavy atom. The van der Waals surface area contributed by atoms with Gasteiger partial charge in [0.25, 0.3) is 5.91 Å². The van der Waals surface area contributed by atoms with Gasteiger partial charge in [-0.3, -0.25) is 4.79 Å². The summed E-state index contributed by atoms with van der Waals surface area (Å²) in [4.78, 5) is 36.1. The third kappa shape index (κ3) is 5.67. The molecule has 1 amide bonds. The number of rotatable bonds is 6. The summed E-state index contributed by atoms with van der Waals surface area (Å²) in [5, 5.41) is 9.22. The van der Waals surface area contributed by atoms with E-state index in [4.69, 9.17) is 10.7 Å². The molecule has 0 bridgehead atoms. The molecule has 10 nitrogen and oxygen atoms in total. The van der Waals surface area contributed by atoms with Gasteiger partial charge in [-0.05, 0) is 56.0 Å². The van der Waals surface area contributed by atoms with Gasteiger partial charge in [0.15, 0.2) is 5.82 Å². The van der Waals surface area contributed by atoms with E-state index in [1.54, 1.807) is 0 Å². The van der Waals surface area contributed by atoms with Gasteiger partial charge in [-0.1, -0.05) is 33.8 Å². The molecular formula is C25H33N5O5S. The van der Waals surface area contributed by atoms with Gasteiger partial charge in [0.1, 0.15) is 11.6 Å². The fourth-order valence-corrected chi connectivity index (χ4v) is 5.20. The van der Waals surface area contributed by atoms with Crippen LogP contribution in [0.1, 0.15) is 69.6 Å². The summed E-state index contributed by atoms with van der Waals surface area (Å²) < 4.78 is 25.2. The van der Waals surface area contributed by atoms with Crippen LogP contribution >= 0.6 is 0 Å². The SMILES string of the molecule is C[C@@H]1CN(c2nc(C(C)(C)C)c(C=CC(=O)O)cc2C(=O)N(c2cccc(N)n2)[SH](=O)=O)C(C)(C)C1. The molecule has 3 N–H and O–H groups in total. The van der Waals surface area contributed by atoms with Crippen molar-refractivity contribution in [2.24, 2.45) is 5.92 Å². The van der Waals surface area contributed by atoms with E-state index >= 15 is 0 Å². The zero-order chi connectivity index (χ0) is 27.0. The Morgan fingerprint density at radius 2 is 1.92 bits per heavy atom. The predicted molar refractivity (Wildman–Crippen MR) is 141 cm³/mol. The first-order chi connectivity index (χ1) is 16.6. The van der Waals surface area contributed by atoms with Gasteiger partial charge in [0.05, 0.1) is 11.3 Å². The van der Waals surface area contributed by atoms with Crippen LogP contribution < -0.4 is 14.9 Å². The van der Waals surface area contributed by atoms with E-state index in [9.17, 15) is 23.1 Å². The molecule has 1 saturated heterocycles. The molecule has 1 aliphatic heterocycles. The number of carboxylic acid groups (broad SMARTS) is 1. The molecule has 2 aromatic heterocycles. The zero-order valence-electron chi connectivity index (χ0n) is 21.3. The predicted octanol–water partition coefficient (Wildman–Crippen LogP) is 3.25. The molecule has 1 atom stereocenters. The van der Waals surface area contributed by atoms with Crippen molar-refractivity contribution in [1.82, 2.24) is 9.97 Å². The minimum absolute atomic E-state index is 0.0265. The topological polar surface area (TPSA) is 147 Å². The fraction of sp³-hybridized carbons (Fsp3) is 0.440. The number of aliphatic carboxylic acids is 1. The monoisotopic (exact) mass is 515 g/mol. The van der Waals surface area contributed by atoms with Gasteiger partial charge >= 0.3 is 5.97 Å². The molecular weight excluding hydrogens is 482 g/mol. The number of thiol groups is 1. The summed E-state index contributed by atoms with van der Waals surface area (Å²) in [6.07, 6.45) is 3.19. The molecule has 1 aliphatic rings. The van der Waals surface area contributed by atoms with Crippen LogP contribution in [-0.2, 0) is 21.1 Å². The second-order valence-electron chi connectivity index (χ2n) is 10.7. The highest BCUT2D eigenvalue weighted by atomic mass is 32.2. The van der Waals surface area contributed by atoms with E-state index in [2.05, 4.69) is 11.9 Å². The number of nitrogen functional groups attached to an aromatic ring is 1. The van der Waals surface area contributed by atoms with Crippen molar-refractivity contribution in [2.75, 3.05) is 21.5 Å². The lowest BCUT2D eigenvalue weighted by molar-refractivity contribution is -0.131. The van der Waals surface area contributed by atoms with Crippen molar-refractivity contribution >= 4 is 46.3 Å². The number of amides is 1. The first-order valence-electron chi connectivity index (χ1n) is 11.6. The van der Waals surface area contributed by atoms with Crippen LogP contribution in [0.25, 0.3) is 6.08 Å². The van der Waals surface area contributed by atoms with Crippen LogP contribution in [0.5, 0.6) is 0 Å². The van der Waals surface area contributed by atoms with Crippen LogP contribution in [0.3, 0.4) is 0 Å². The first kappa shape index (κ1) is 27.1. The molecule has 2 aromatic rings. The number of nitrogens with two attached hydrogens (primary N) is 1. The maximum atomic E-state index is 13.9. The summed E-state index contributed by atoms with van der Waals surface area (Å²) in [6.45, 7) is 12.6. The lowest BCUT2D eigenvalue weighted by Crippen LogP contribution is -2.41. The molecule has 194 valence electrons. The second-order valence-corrected chi connectivity index (χ2v) is 11.6. The van der Waals surface area contributed by atoms with Crippen LogP contribution in [0.15, 0.2) is 30.3 Å². The minimum atomic E-state index is -3.42. The van der Waals surface area contributed by atoms with Crippen molar-refractivity contribution < 1.29 is 23.1 Å². The molecule has 0 saturated carbocycles. The highest BCUT2D eigenvalue weighted by molar-refractivity contribution is 7.75. The summed E-state index contributed by atoms with van der Waals surface area (Å²) in [5.74, 6) is -1.43. The molecule has 0 aliphatic carbocycles. The number of anilines is 3. The normalized spacial score (nSPS) is 17.6. The van der Waals surface area contributed by atoms with E-state index in [1.165, 1.54) is 30.3 Å². The number of hydrogen-bond acceptors (Lipinski definition) is 8. The molecule has 0 spiro atoms. The van der Waals surface area contributed by atoms with E-state index in [1.807, 2.05) is 39.5 Å². The van der Waals surface area contributed by atoms with Crippen LogP contribution in [0.2, 0.25) is 0 Å². The molecule has 0 aromatic carbocycles. The van der Waals surface area contributed by atoms with Crippen molar-refractivity contribution in [1.29, 1.82) is 0 Å². The molecule has 0 radical (unpaired) electrons. The smallest absolute Gasteiger partial charge is 0.328 e. The maximum Gasteiger partial charge on any atom is 0.328 e. The number of aromatic nitrogens is 2. The van der Waals surface area contributed by atoms with E-state index in [0.717, 1.165) is 12.5 Å². The van der Waals surface area contributed by atoms with Gasteiger partial charge < -0.3 is 15.7 Å². The number of carbonyl (C=O) groups excluding carboxylic acids is 1. The van der Waals surface area contributed by atoms with Crippen molar-refractivity contribution in [3.63, 3.8) is 0 Å². The average molecular weight is 516 g/mol. The third-order valence-corrected chi connectivity index (χ3v) is 6.75. The standard InChI is InChI=1S/C25H33N5O5S/c1-15-13-25(5,6)29(14-15)22-17(12-16(10-11-20(31)32)21(28-22)24(2,3)4)23(33)30(36(34)35)19-9-7-8-18(26)27-19/h7-12,15,36H,13-14H2,1-6H3,(H2,26,27)(H,31,32)/t15-/m0/s1. The average Bonchev–Trinajstić information content (AvgIpc) is 3.02. The maximum absolute atomic E-state index is 13.9. The summed E-state index contributed by atoms with van der Waals surface area (Å²) in [5.41, 5.74) is 5.91.